The normalized spacial score (nSPS) is 26.6. The molecular weight excluding hydrogens is 214 g/mol. The van der Waals surface area contributed by atoms with Gasteiger partial charge in [0.2, 0.25) is 0 Å². The lowest BCUT2D eigenvalue weighted by atomic mass is 9.89. The third-order valence-electron chi connectivity index (χ3n) is 3.83. The highest BCUT2D eigenvalue weighted by molar-refractivity contribution is 5.98. The number of carbonyl (C=O) groups excluding carboxylic acids is 1. The van der Waals surface area contributed by atoms with Gasteiger partial charge in [-0.3, -0.25) is 4.79 Å². The molecule has 3 rings (SSSR count). The van der Waals surface area contributed by atoms with E-state index in [4.69, 9.17) is 4.74 Å². The number of fused-ring (bicyclic) bond motifs is 1. The van der Waals surface area contributed by atoms with Crippen LogP contribution < -0.4 is 10.1 Å². The van der Waals surface area contributed by atoms with E-state index in [-0.39, 0.29) is 11.7 Å². The van der Waals surface area contributed by atoms with Gasteiger partial charge in [-0.2, -0.15) is 0 Å². The summed E-state index contributed by atoms with van der Waals surface area (Å²) < 4.78 is 5.46. The summed E-state index contributed by atoms with van der Waals surface area (Å²) in [5.74, 6) is 1.79. The number of rotatable bonds is 2. The van der Waals surface area contributed by atoms with E-state index >= 15 is 0 Å². The molecule has 1 fully saturated rings. The van der Waals surface area contributed by atoms with Crippen LogP contribution in [0.3, 0.4) is 0 Å². The van der Waals surface area contributed by atoms with Crippen LogP contribution in [0.2, 0.25) is 0 Å². The Balaban J connectivity index is 1.86. The predicted molar refractivity (Wildman–Crippen MR) is 65.5 cm³/mol. The zero-order chi connectivity index (χ0) is 11.8. The Kier molecular flexibility index (Phi) is 2.63. The summed E-state index contributed by atoms with van der Waals surface area (Å²) in [5, 5.41) is 3.28. The van der Waals surface area contributed by atoms with Gasteiger partial charge in [0.15, 0.2) is 5.78 Å². The molecule has 0 radical (unpaired) electrons. The van der Waals surface area contributed by atoms with Crippen molar-refractivity contribution < 1.29 is 9.53 Å². The van der Waals surface area contributed by atoms with Crippen LogP contribution in [-0.2, 0) is 6.42 Å². The molecule has 0 aliphatic carbocycles. The van der Waals surface area contributed by atoms with Gasteiger partial charge >= 0.3 is 0 Å². The first kappa shape index (κ1) is 10.8. The van der Waals surface area contributed by atoms with E-state index in [1.807, 2.05) is 18.2 Å². The maximum absolute atomic E-state index is 12.4. The molecule has 2 atom stereocenters. The van der Waals surface area contributed by atoms with Crippen molar-refractivity contribution in [3.05, 3.63) is 29.3 Å². The third-order valence-corrected chi connectivity index (χ3v) is 3.83. The number of nitrogens with one attached hydrogen (secondary N) is 1. The number of ether oxygens (including phenoxy) is 1. The fourth-order valence-electron chi connectivity index (χ4n) is 2.71. The molecule has 1 N–H and O–H groups in total. The number of hydrogen-bond donors (Lipinski definition) is 1. The minimum absolute atomic E-state index is 0.135. The summed E-state index contributed by atoms with van der Waals surface area (Å²) in [5.41, 5.74) is 2.02. The zero-order valence-electron chi connectivity index (χ0n) is 10.0. The Morgan fingerprint density at radius 2 is 2.29 bits per heavy atom. The average Bonchev–Trinajstić information content (AvgIpc) is 2.95. The minimum Gasteiger partial charge on any atom is -0.493 e. The maximum Gasteiger partial charge on any atom is 0.167 e. The summed E-state index contributed by atoms with van der Waals surface area (Å²) in [6.07, 6.45) is 0.926. The van der Waals surface area contributed by atoms with Crippen molar-refractivity contribution in [2.24, 2.45) is 11.8 Å². The first-order valence-corrected chi connectivity index (χ1v) is 6.26. The van der Waals surface area contributed by atoms with E-state index in [2.05, 4.69) is 12.2 Å². The van der Waals surface area contributed by atoms with Gasteiger partial charge < -0.3 is 10.1 Å². The van der Waals surface area contributed by atoms with E-state index in [9.17, 15) is 4.79 Å². The Morgan fingerprint density at radius 1 is 1.41 bits per heavy atom. The fraction of sp³-hybridized carbons (Fsp3) is 0.500. The second kappa shape index (κ2) is 4.15. The molecule has 1 aromatic carbocycles. The van der Waals surface area contributed by atoms with Gasteiger partial charge in [0.05, 0.1) is 6.61 Å². The van der Waals surface area contributed by atoms with Gasteiger partial charge in [0.25, 0.3) is 0 Å². The topological polar surface area (TPSA) is 38.3 Å². The van der Waals surface area contributed by atoms with Crippen LogP contribution in [0.25, 0.3) is 0 Å². The van der Waals surface area contributed by atoms with Crippen molar-refractivity contribution in [1.82, 2.24) is 5.32 Å². The van der Waals surface area contributed by atoms with Crippen molar-refractivity contribution in [3.63, 3.8) is 0 Å². The largest absolute Gasteiger partial charge is 0.493 e. The third kappa shape index (κ3) is 1.84. The number of Topliss-reactive ketones (excluding diaryl/α,β-unsaturated/α-hetero) is 1. The predicted octanol–water partition coefficient (Wildman–Crippen LogP) is 1.66. The Morgan fingerprint density at radius 3 is 3.06 bits per heavy atom. The molecule has 0 saturated carbocycles. The smallest absolute Gasteiger partial charge is 0.167 e. The quantitative estimate of drug-likeness (QED) is 0.787. The summed E-state index contributed by atoms with van der Waals surface area (Å²) in [6.45, 7) is 4.64. The van der Waals surface area contributed by atoms with Gasteiger partial charge in [-0.25, -0.2) is 0 Å². The van der Waals surface area contributed by atoms with Gasteiger partial charge in [-0.15, -0.1) is 0 Å². The van der Waals surface area contributed by atoms with Crippen molar-refractivity contribution in [1.29, 1.82) is 0 Å². The van der Waals surface area contributed by atoms with E-state index in [1.165, 1.54) is 5.56 Å². The minimum atomic E-state index is 0.135. The first-order chi connectivity index (χ1) is 8.25. The molecule has 0 aromatic heterocycles. The molecule has 3 heteroatoms. The maximum atomic E-state index is 12.4. The number of ketones is 1. The van der Waals surface area contributed by atoms with Crippen LogP contribution in [0.4, 0.5) is 0 Å². The lowest BCUT2D eigenvalue weighted by Gasteiger charge is -2.13. The molecule has 2 aliphatic rings. The molecule has 1 aromatic rings. The van der Waals surface area contributed by atoms with Gasteiger partial charge in [0.1, 0.15) is 5.75 Å². The molecule has 17 heavy (non-hydrogen) atoms. The van der Waals surface area contributed by atoms with Gasteiger partial charge in [0, 0.05) is 24.4 Å². The highest BCUT2D eigenvalue weighted by Crippen LogP contribution is 2.28. The molecule has 2 unspecified atom stereocenters. The summed E-state index contributed by atoms with van der Waals surface area (Å²) in [7, 11) is 0. The molecule has 0 amide bonds. The zero-order valence-corrected chi connectivity index (χ0v) is 10.0. The Labute approximate surface area is 101 Å². The standard InChI is InChI=1S/C14H17NO2/c1-9-7-15-8-12(9)14(16)11-2-3-13-10(6-11)4-5-17-13/h2-3,6,9,12,15H,4-5,7-8H2,1H3. The summed E-state index contributed by atoms with van der Waals surface area (Å²) >= 11 is 0. The summed E-state index contributed by atoms with van der Waals surface area (Å²) in [4.78, 5) is 12.4. The molecule has 0 bridgehead atoms. The lowest BCUT2D eigenvalue weighted by molar-refractivity contribution is 0.0907. The average molecular weight is 231 g/mol. The van der Waals surface area contributed by atoms with Crippen LogP contribution in [0.1, 0.15) is 22.8 Å². The van der Waals surface area contributed by atoms with Crippen molar-refractivity contribution >= 4 is 5.78 Å². The van der Waals surface area contributed by atoms with E-state index in [1.54, 1.807) is 0 Å². The molecule has 1 saturated heterocycles. The Hall–Kier alpha value is -1.35. The van der Waals surface area contributed by atoms with Crippen molar-refractivity contribution in [3.8, 4) is 5.75 Å². The highest BCUT2D eigenvalue weighted by atomic mass is 16.5. The van der Waals surface area contributed by atoms with Crippen molar-refractivity contribution in [2.45, 2.75) is 13.3 Å². The number of hydrogen-bond acceptors (Lipinski definition) is 3. The highest BCUT2D eigenvalue weighted by Gasteiger charge is 2.30. The van der Waals surface area contributed by atoms with Crippen LogP contribution in [0.15, 0.2) is 18.2 Å². The lowest BCUT2D eigenvalue weighted by Crippen LogP contribution is -2.21. The molecule has 0 spiro atoms. The van der Waals surface area contributed by atoms with Crippen LogP contribution >= 0.6 is 0 Å². The van der Waals surface area contributed by atoms with E-state index in [0.717, 1.165) is 37.4 Å². The SMILES string of the molecule is CC1CNCC1C(=O)c1ccc2c(c1)CCO2. The second-order valence-electron chi connectivity index (χ2n) is 5.03. The molecule has 2 aliphatic heterocycles. The van der Waals surface area contributed by atoms with Crippen LogP contribution in [-0.4, -0.2) is 25.5 Å². The number of benzene rings is 1. The van der Waals surface area contributed by atoms with Gasteiger partial charge in [-0.05, 0) is 36.2 Å². The summed E-state index contributed by atoms with van der Waals surface area (Å²) in [6, 6.07) is 5.84. The molecule has 3 nitrogen and oxygen atoms in total. The molecule has 90 valence electrons. The van der Waals surface area contributed by atoms with Crippen molar-refractivity contribution in [2.75, 3.05) is 19.7 Å². The first-order valence-electron chi connectivity index (χ1n) is 6.26. The van der Waals surface area contributed by atoms with Crippen LogP contribution in [0.5, 0.6) is 5.75 Å². The van der Waals surface area contributed by atoms with Gasteiger partial charge in [-0.1, -0.05) is 6.92 Å². The molecular formula is C14H17NO2. The fourth-order valence-corrected chi connectivity index (χ4v) is 2.71. The monoisotopic (exact) mass is 231 g/mol. The van der Waals surface area contributed by atoms with Crippen LogP contribution in [0, 0.1) is 11.8 Å². The van der Waals surface area contributed by atoms with E-state index < -0.39 is 0 Å². The molecule has 2 heterocycles. The second-order valence-corrected chi connectivity index (χ2v) is 5.03. The Bertz CT molecular complexity index is 456. The van der Waals surface area contributed by atoms with E-state index in [0.29, 0.717) is 5.92 Å². The number of carbonyl (C=O) groups is 1.